The summed E-state index contributed by atoms with van der Waals surface area (Å²) in [5.41, 5.74) is 1.66. The van der Waals surface area contributed by atoms with Gasteiger partial charge in [0, 0.05) is 10.2 Å². The molecule has 0 aromatic heterocycles. The molecule has 0 saturated heterocycles. The first-order valence-electron chi connectivity index (χ1n) is 5.12. The maximum absolute atomic E-state index is 12.9. The summed E-state index contributed by atoms with van der Waals surface area (Å²) in [6.45, 7) is 0. The molecule has 0 aliphatic heterocycles. The molecule has 0 aliphatic rings. The van der Waals surface area contributed by atoms with E-state index in [1.54, 1.807) is 18.2 Å². The molecular weight excluding hydrogens is 301 g/mol. The Bertz CT molecular complexity index is 584. The molecule has 0 radical (unpaired) electrons. The molecule has 0 fully saturated rings. The van der Waals surface area contributed by atoms with E-state index in [1.165, 1.54) is 24.3 Å². The smallest absolute Gasteiger partial charge is 0.335 e. The highest BCUT2D eigenvalue weighted by atomic mass is 79.9. The van der Waals surface area contributed by atoms with Gasteiger partial charge >= 0.3 is 5.97 Å². The summed E-state index contributed by atoms with van der Waals surface area (Å²) >= 11 is 3.25. The molecule has 0 atom stereocenters. The van der Waals surface area contributed by atoms with Crippen molar-refractivity contribution in [2.75, 3.05) is 5.32 Å². The molecule has 0 amide bonds. The molecule has 0 bridgehead atoms. The summed E-state index contributed by atoms with van der Waals surface area (Å²) in [6.07, 6.45) is 0. The number of benzene rings is 2. The fourth-order valence-corrected chi connectivity index (χ4v) is 1.89. The molecule has 92 valence electrons. The lowest BCUT2D eigenvalue weighted by atomic mass is 10.2. The number of rotatable bonds is 3. The summed E-state index contributed by atoms with van der Waals surface area (Å²) in [5, 5.41) is 11.8. The third-order valence-electron chi connectivity index (χ3n) is 2.34. The molecule has 18 heavy (non-hydrogen) atoms. The summed E-state index contributed by atoms with van der Waals surface area (Å²) in [7, 11) is 0. The maximum Gasteiger partial charge on any atom is 0.335 e. The molecule has 3 nitrogen and oxygen atoms in total. The molecule has 2 aromatic rings. The number of carboxylic acid groups (broad SMARTS) is 1. The maximum atomic E-state index is 12.9. The SMILES string of the molecule is O=C(O)c1ccc(Nc2ccc(F)cc2Br)cc1. The monoisotopic (exact) mass is 309 g/mol. The first-order valence-corrected chi connectivity index (χ1v) is 5.91. The number of nitrogens with one attached hydrogen (secondary N) is 1. The van der Waals surface area contributed by atoms with Crippen LogP contribution in [0.4, 0.5) is 15.8 Å². The molecule has 5 heteroatoms. The van der Waals surface area contributed by atoms with Crippen molar-refractivity contribution in [3.63, 3.8) is 0 Å². The molecule has 2 N–H and O–H groups in total. The van der Waals surface area contributed by atoms with E-state index in [9.17, 15) is 9.18 Å². The van der Waals surface area contributed by atoms with Gasteiger partial charge in [-0.15, -0.1) is 0 Å². The first kappa shape index (κ1) is 12.6. The second-order valence-electron chi connectivity index (χ2n) is 3.63. The number of hydrogen-bond donors (Lipinski definition) is 2. The standard InChI is InChI=1S/C13H9BrFNO2/c14-11-7-9(15)3-6-12(11)16-10-4-1-8(2-5-10)13(17)18/h1-7,16H,(H,17,18). The highest BCUT2D eigenvalue weighted by Gasteiger charge is 2.04. The number of aromatic carboxylic acids is 1. The van der Waals surface area contributed by atoms with Crippen LogP contribution >= 0.6 is 15.9 Å². The van der Waals surface area contributed by atoms with E-state index in [0.29, 0.717) is 10.2 Å². The number of hydrogen-bond acceptors (Lipinski definition) is 2. The summed E-state index contributed by atoms with van der Waals surface area (Å²) in [6, 6.07) is 10.6. The van der Waals surface area contributed by atoms with E-state index in [0.717, 1.165) is 5.69 Å². The lowest BCUT2D eigenvalue weighted by Crippen LogP contribution is -1.97. The van der Waals surface area contributed by atoms with Crippen molar-refractivity contribution < 1.29 is 14.3 Å². The predicted octanol–water partition coefficient (Wildman–Crippen LogP) is 4.03. The van der Waals surface area contributed by atoms with Gasteiger partial charge < -0.3 is 10.4 Å². The van der Waals surface area contributed by atoms with Crippen LogP contribution in [-0.2, 0) is 0 Å². The highest BCUT2D eigenvalue weighted by Crippen LogP contribution is 2.26. The summed E-state index contributed by atoms with van der Waals surface area (Å²) < 4.78 is 13.5. The van der Waals surface area contributed by atoms with Crippen LogP contribution in [0.1, 0.15) is 10.4 Å². The Labute approximate surface area is 111 Å². The molecular formula is C13H9BrFNO2. The minimum atomic E-state index is -0.968. The van der Waals surface area contributed by atoms with Gasteiger partial charge in [-0.3, -0.25) is 0 Å². The third kappa shape index (κ3) is 2.87. The van der Waals surface area contributed by atoms with Gasteiger partial charge in [0.15, 0.2) is 0 Å². The first-order chi connectivity index (χ1) is 8.56. The van der Waals surface area contributed by atoms with Crippen molar-refractivity contribution in [3.8, 4) is 0 Å². The number of carboxylic acids is 1. The number of halogens is 2. The zero-order chi connectivity index (χ0) is 13.1. The molecule has 0 aliphatic carbocycles. The van der Waals surface area contributed by atoms with Crippen LogP contribution in [0, 0.1) is 5.82 Å². The van der Waals surface area contributed by atoms with Gasteiger partial charge in [0.2, 0.25) is 0 Å². The minimum absolute atomic E-state index is 0.221. The van der Waals surface area contributed by atoms with Gasteiger partial charge in [0.25, 0.3) is 0 Å². The van der Waals surface area contributed by atoms with E-state index in [2.05, 4.69) is 21.2 Å². The van der Waals surface area contributed by atoms with Crippen molar-refractivity contribution in [2.24, 2.45) is 0 Å². The van der Waals surface area contributed by atoms with Crippen LogP contribution in [0.3, 0.4) is 0 Å². The van der Waals surface area contributed by atoms with Crippen molar-refractivity contribution in [1.29, 1.82) is 0 Å². The second kappa shape index (κ2) is 5.18. The fraction of sp³-hybridized carbons (Fsp3) is 0. The lowest BCUT2D eigenvalue weighted by Gasteiger charge is -2.08. The molecule has 0 saturated carbocycles. The quantitative estimate of drug-likeness (QED) is 0.900. The van der Waals surface area contributed by atoms with Crippen molar-refractivity contribution in [1.82, 2.24) is 0 Å². The van der Waals surface area contributed by atoms with Gasteiger partial charge in [-0.2, -0.15) is 0 Å². The number of carbonyl (C=O) groups is 1. The fourth-order valence-electron chi connectivity index (χ4n) is 1.44. The van der Waals surface area contributed by atoms with Crippen LogP contribution in [0.15, 0.2) is 46.9 Å². The van der Waals surface area contributed by atoms with E-state index >= 15 is 0 Å². The van der Waals surface area contributed by atoms with Gasteiger partial charge in [-0.1, -0.05) is 0 Å². The predicted molar refractivity (Wildman–Crippen MR) is 70.8 cm³/mol. The van der Waals surface area contributed by atoms with E-state index < -0.39 is 5.97 Å². The zero-order valence-corrected chi connectivity index (χ0v) is 10.7. The molecule has 0 heterocycles. The minimum Gasteiger partial charge on any atom is -0.478 e. The average molecular weight is 310 g/mol. The Morgan fingerprint density at radius 3 is 2.39 bits per heavy atom. The molecule has 0 unspecified atom stereocenters. The normalized spacial score (nSPS) is 10.1. The topological polar surface area (TPSA) is 49.3 Å². The van der Waals surface area contributed by atoms with Crippen LogP contribution < -0.4 is 5.32 Å². The summed E-state index contributed by atoms with van der Waals surface area (Å²) in [4.78, 5) is 10.7. The Balaban J connectivity index is 2.21. The Kier molecular flexibility index (Phi) is 3.62. The van der Waals surface area contributed by atoms with Crippen molar-refractivity contribution >= 4 is 33.3 Å². The van der Waals surface area contributed by atoms with Gasteiger partial charge in [-0.05, 0) is 58.4 Å². The van der Waals surface area contributed by atoms with Gasteiger partial charge in [0.05, 0.1) is 11.3 Å². The zero-order valence-electron chi connectivity index (χ0n) is 9.15. The van der Waals surface area contributed by atoms with Gasteiger partial charge in [0.1, 0.15) is 5.82 Å². The van der Waals surface area contributed by atoms with Crippen LogP contribution in [0.5, 0.6) is 0 Å². The second-order valence-corrected chi connectivity index (χ2v) is 4.49. The van der Waals surface area contributed by atoms with Crippen LogP contribution in [0.25, 0.3) is 0 Å². The average Bonchev–Trinajstić information content (AvgIpc) is 2.33. The van der Waals surface area contributed by atoms with Crippen LogP contribution in [-0.4, -0.2) is 11.1 Å². The Morgan fingerprint density at radius 1 is 1.17 bits per heavy atom. The molecule has 2 rings (SSSR count). The van der Waals surface area contributed by atoms with E-state index in [4.69, 9.17) is 5.11 Å². The number of anilines is 2. The van der Waals surface area contributed by atoms with Crippen molar-refractivity contribution in [2.45, 2.75) is 0 Å². The molecule has 0 spiro atoms. The van der Waals surface area contributed by atoms with Crippen molar-refractivity contribution in [3.05, 3.63) is 58.3 Å². The Morgan fingerprint density at radius 2 is 1.83 bits per heavy atom. The third-order valence-corrected chi connectivity index (χ3v) is 3.00. The van der Waals surface area contributed by atoms with E-state index in [-0.39, 0.29) is 11.4 Å². The highest BCUT2D eigenvalue weighted by molar-refractivity contribution is 9.10. The van der Waals surface area contributed by atoms with Gasteiger partial charge in [-0.25, -0.2) is 9.18 Å². The van der Waals surface area contributed by atoms with E-state index in [1.807, 2.05) is 0 Å². The van der Waals surface area contributed by atoms with Crippen LogP contribution in [0.2, 0.25) is 0 Å². The molecule has 2 aromatic carbocycles. The largest absolute Gasteiger partial charge is 0.478 e. The lowest BCUT2D eigenvalue weighted by molar-refractivity contribution is 0.0697. The Hall–Kier alpha value is -1.88. The summed E-state index contributed by atoms with van der Waals surface area (Å²) in [5.74, 6) is -1.29.